The van der Waals surface area contributed by atoms with Crippen LogP contribution >= 0.6 is 15.9 Å². The summed E-state index contributed by atoms with van der Waals surface area (Å²) >= 11 is 3.47. The number of piperidine rings is 1. The minimum absolute atomic E-state index is 0.0376. The zero-order valence-electron chi connectivity index (χ0n) is 6.57. The van der Waals surface area contributed by atoms with Gasteiger partial charge < -0.3 is 10.2 Å². The van der Waals surface area contributed by atoms with Crippen LogP contribution in [0.5, 0.6) is 0 Å². The smallest absolute Gasteiger partial charge is 0.154 e. The van der Waals surface area contributed by atoms with Crippen LogP contribution in [0.1, 0.15) is 12.8 Å². The molecule has 1 fully saturated rings. The van der Waals surface area contributed by atoms with Crippen molar-refractivity contribution in [3.8, 4) is 0 Å². The van der Waals surface area contributed by atoms with E-state index in [1.807, 2.05) is 7.05 Å². The number of aliphatic hydroxyl groups excluding tert-OH is 1. The molecule has 0 aliphatic carbocycles. The molecule has 66 valence electrons. The first-order valence-electron chi connectivity index (χ1n) is 3.81. The highest BCUT2D eigenvalue weighted by atomic mass is 79.9. The second-order valence-electron chi connectivity index (χ2n) is 3.11. The van der Waals surface area contributed by atoms with E-state index in [4.69, 9.17) is 10.2 Å². The highest BCUT2D eigenvalue weighted by Gasteiger charge is 2.27. The Labute approximate surface area is 75.1 Å². The van der Waals surface area contributed by atoms with E-state index in [0.29, 0.717) is 4.95 Å². The third-order valence-corrected chi connectivity index (χ3v) is 3.32. The summed E-state index contributed by atoms with van der Waals surface area (Å²) in [5.74, 6) is 0.0376. The predicted octanol–water partition coefficient (Wildman–Crippen LogP) is 0.360. The van der Waals surface area contributed by atoms with Crippen LogP contribution in [-0.2, 0) is 0 Å². The molecule has 3 nitrogen and oxygen atoms in total. The molecule has 2 N–H and O–H groups in total. The molecule has 1 aliphatic rings. The van der Waals surface area contributed by atoms with E-state index in [0.717, 1.165) is 19.4 Å². The number of hydrogen-bond donors (Lipinski definition) is 2. The monoisotopic (exact) mass is 223 g/mol. The summed E-state index contributed by atoms with van der Waals surface area (Å²) in [7, 11) is 2.03. The number of alkyl halides is 1. The van der Waals surface area contributed by atoms with E-state index in [1.165, 1.54) is 0 Å². The van der Waals surface area contributed by atoms with E-state index in [2.05, 4.69) is 20.8 Å². The highest BCUT2D eigenvalue weighted by Crippen LogP contribution is 2.26. The van der Waals surface area contributed by atoms with Crippen molar-refractivity contribution in [2.24, 2.45) is 5.92 Å². The van der Waals surface area contributed by atoms with Gasteiger partial charge >= 0.3 is 0 Å². The van der Waals surface area contributed by atoms with Crippen LogP contribution in [0, 0.1) is 5.92 Å². The summed E-state index contributed by atoms with van der Waals surface area (Å²) in [5, 5.41) is 17.8. The van der Waals surface area contributed by atoms with Gasteiger partial charge in [-0.1, -0.05) is 15.9 Å². The molecule has 0 aromatic carbocycles. The normalized spacial score (nSPS) is 34.6. The Morgan fingerprint density at radius 3 is 2.64 bits per heavy atom. The Morgan fingerprint density at radius 2 is 2.18 bits per heavy atom. The van der Waals surface area contributed by atoms with Crippen molar-refractivity contribution in [1.82, 2.24) is 4.90 Å². The summed E-state index contributed by atoms with van der Waals surface area (Å²) in [5.41, 5.74) is 0. The molecule has 1 rings (SSSR count). The molecule has 0 aromatic heterocycles. The number of likely N-dealkylation sites (tertiary alicyclic amines) is 1. The van der Waals surface area contributed by atoms with Crippen molar-refractivity contribution >= 4 is 15.9 Å². The molecule has 1 heterocycles. The largest absolute Gasteiger partial charge is 0.368 e. The molecule has 2 unspecified atom stereocenters. The van der Waals surface area contributed by atoms with Crippen LogP contribution in [0.25, 0.3) is 0 Å². The highest BCUT2D eigenvalue weighted by molar-refractivity contribution is 9.09. The number of hydrogen-bond acceptors (Lipinski definition) is 3. The zero-order valence-corrected chi connectivity index (χ0v) is 8.16. The summed E-state index contributed by atoms with van der Waals surface area (Å²) in [6, 6.07) is 0. The maximum atomic E-state index is 8.90. The minimum atomic E-state index is -1.15. The molecule has 11 heavy (non-hydrogen) atoms. The van der Waals surface area contributed by atoms with Crippen molar-refractivity contribution in [2.45, 2.75) is 24.1 Å². The lowest BCUT2D eigenvalue weighted by molar-refractivity contribution is -0.0983. The molecule has 0 amide bonds. The van der Waals surface area contributed by atoms with Gasteiger partial charge in [-0.25, -0.2) is 0 Å². The first-order valence-corrected chi connectivity index (χ1v) is 4.73. The fourth-order valence-electron chi connectivity index (χ4n) is 1.33. The molecule has 2 atom stereocenters. The summed E-state index contributed by atoms with van der Waals surface area (Å²) in [4.78, 5) is 2.46. The lowest BCUT2D eigenvalue weighted by atomic mass is 9.97. The first kappa shape index (κ1) is 9.45. The van der Waals surface area contributed by atoms with Gasteiger partial charge in [-0.3, -0.25) is 4.90 Å². The standard InChI is InChI=1S/C7H14BrNO2/c1-9-3-2-5(7(10)11)4-6(9)8/h5-7,10-11H,2-4H2,1H3. The lowest BCUT2D eigenvalue weighted by Crippen LogP contribution is -2.39. The molecule has 0 bridgehead atoms. The van der Waals surface area contributed by atoms with Gasteiger partial charge in [-0.05, 0) is 26.4 Å². The van der Waals surface area contributed by atoms with Crippen molar-refractivity contribution < 1.29 is 10.2 Å². The third-order valence-electron chi connectivity index (χ3n) is 2.25. The SMILES string of the molecule is CN1CCC(C(O)O)CC1Br. The van der Waals surface area contributed by atoms with Crippen molar-refractivity contribution in [3.63, 3.8) is 0 Å². The van der Waals surface area contributed by atoms with Crippen LogP contribution in [0.4, 0.5) is 0 Å². The Hall–Kier alpha value is 0.360. The van der Waals surface area contributed by atoms with Crippen molar-refractivity contribution in [1.29, 1.82) is 0 Å². The number of rotatable bonds is 1. The second-order valence-corrected chi connectivity index (χ2v) is 4.17. The van der Waals surface area contributed by atoms with Gasteiger partial charge in [0.05, 0.1) is 4.95 Å². The molecule has 1 saturated heterocycles. The third kappa shape index (κ3) is 2.40. The van der Waals surface area contributed by atoms with Gasteiger partial charge in [0.25, 0.3) is 0 Å². The van der Waals surface area contributed by atoms with E-state index < -0.39 is 6.29 Å². The minimum Gasteiger partial charge on any atom is -0.368 e. The molecule has 0 spiro atoms. The van der Waals surface area contributed by atoms with E-state index in [9.17, 15) is 0 Å². The predicted molar refractivity (Wildman–Crippen MR) is 46.3 cm³/mol. The summed E-state index contributed by atoms with van der Waals surface area (Å²) < 4.78 is 0. The van der Waals surface area contributed by atoms with Crippen molar-refractivity contribution in [3.05, 3.63) is 0 Å². The fourth-order valence-corrected chi connectivity index (χ4v) is 2.01. The van der Waals surface area contributed by atoms with Crippen LogP contribution in [0.3, 0.4) is 0 Å². The van der Waals surface area contributed by atoms with Gasteiger partial charge in [0.2, 0.25) is 0 Å². The summed E-state index contributed by atoms with van der Waals surface area (Å²) in [6.07, 6.45) is 0.536. The zero-order chi connectivity index (χ0) is 8.43. The van der Waals surface area contributed by atoms with Gasteiger partial charge in [-0.2, -0.15) is 0 Å². The fraction of sp³-hybridized carbons (Fsp3) is 1.00. The molecule has 1 aliphatic heterocycles. The molecule has 4 heteroatoms. The number of aliphatic hydroxyl groups is 2. The van der Waals surface area contributed by atoms with Gasteiger partial charge in [-0.15, -0.1) is 0 Å². The van der Waals surface area contributed by atoms with Crippen LogP contribution in [0.2, 0.25) is 0 Å². The maximum absolute atomic E-state index is 8.90. The quantitative estimate of drug-likeness (QED) is 0.384. The van der Waals surface area contributed by atoms with E-state index in [-0.39, 0.29) is 5.92 Å². The van der Waals surface area contributed by atoms with Crippen LogP contribution < -0.4 is 0 Å². The van der Waals surface area contributed by atoms with Crippen molar-refractivity contribution in [2.75, 3.05) is 13.6 Å². The Kier molecular flexibility index (Phi) is 3.30. The summed E-state index contributed by atoms with van der Waals surface area (Å²) in [6.45, 7) is 0.929. The molecule has 0 radical (unpaired) electrons. The Morgan fingerprint density at radius 1 is 1.55 bits per heavy atom. The van der Waals surface area contributed by atoms with E-state index >= 15 is 0 Å². The Bertz CT molecular complexity index is 132. The number of halogens is 1. The molecule has 0 aromatic rings. The number of nitrogens with zero attached hydrogens (tertiary/aromatic N) is 1. The Balaban J connectivity index is 2.40. The topological polar surface area (TPSA) is 43.7 Å². The molecule has 0 saturated carbocycles. The first-order chi connectivity index (χ1) is 5.11. The van der Waals surface area contributed by atoms with E-state index in [1.54, 1.807) is 0 Å². The van der Waals surface area contributed by atoms with Gasteiger partial charge in [0.1, 0.15) is 0 Å². The van der Waals surface area contributed by atoms with Gasteiger partial charge in [0.15, 0.2) is 6.29 Å². The second kappa shape index (κ2) is 3.85. The van der Waals surface area contributed by atoms with Gasteiger partial charge in [0, 0.05) is 5.92 Å². The van der Waals surface area contributed by atoms with Crippen LogP contribution in [0.15, 0.2) is 0 Å². The molecular weight excluding hydrogens is 210 g/mol. The lowest BCUT2D eigenvalue weighted by Gasteiger charge is -2.34. The average Bonchev–Trinajstić information content (AvgIpc) is 1.94. The maximum Gasteiger partial charge on any atom is 0.154 e. The molecular formula is C7H14BrNO2. The van der Waals surface area contributed by atoms with Crippen LogP contribution in [-0.4, -0.2) is 39.9 Å². The average molecular weight is 224 g/mol.